The van der Waals surface area contributed by atoms with Gasteiger partial charge < -0.3 is 14.7 Å². The summed E-state index contributed by atoms with van der Waals surface area (Å²) >= 11 is 0. The van der Waals surface area contributed by atoms with E-state index in [4.69, 9.17) is 9.84 Å². The van der Waals surface area contributed by atoms with Gasteiger partial charge in [0.2, 0.25) is 0 Å². The van der Waals surface area contributed by atoms with Crippen molar-refractivity contribution >= 4 is 6.09 Å². The van der Waals surface area contributed by atoms with Crippen molar-refractivity contribution in [3.63, 3.8) is 0 Å². The van der Waals surface area contributed by atoms with Crippen LogP contribution in [-0.2, 0) is 4.74 Å². The molecule has 5 heteroatoms. The highest BCUT2D eigenvalue weighted by Gasteiger charge is 2.21. The lowest BCUT2D eigenvalue weighted by Crippen LogP contribution is -2.49. The van der Waals surface area contributed by atoms with E-state index < -0.39 is 0 Å². The van der Waals surface area contributed by atoms with Gasteiger partial charge in [0.1, 0.15) is 0 Å². The van der Waals surface area contributed by atoms with Crippen molar-refractivity contribution in [1.82, 2.24) is 9.80 Å². The Morgan fingerprint density at radius 2 is 1.94 bits per heavy atom. The first-order chi connectivity index (χ1) is 7.77. The van der Waals surface area contributed by atoms with Crippen molar-refractivity contribution in [2.75, 3.05) is 45.9 Å². The number of hydrogen-bond acceptors (Lipinski definition) is 4. The first-order valence-corrected chi connectivity index (χ1v) is 6.03. The summed E-state index contributed by atoms with van der Waals surface area (Å²) in [4.78, 5) is 15.5. The molecular formula is C11H22N2O3. The summed E-state index contributed by atoms with van der Waals surface area (Å²) in [7, 11) is 0. The Labute approximate surface area is 97.0 Å². The minimum Gasteiger partial charge on any atom is -0.450 e. The van der Waals surface area contributed by atoms with Crippen LogP contribution in [0.4, 0.5) is 4.79 Å². The second-order valence-corrected chi connectivity index (χ2v) is 3.96. The lowest BCUT2D eigenvalue weighted by molar-refractivity contribution is 0.0789. The predicted octanol–water partition coefficient (Wildman–Crippen LogP) is 0.533. The van der Waals surface area contributed by atoms with Gasteiger partial charge in [0, 0.05) is 32.8 Å². The molecule has 0 aliphatic carbocycles. The van der Waals surface area contributed by atoms with E-state index >= 15 is 0 Å². The van der Waals surface area contributed by atoms with Crippen LogP contribution in [0.25, 0.3) is 0 Å². The standard InChI is InChI=1S/C11H22N2O3/c1-2-16-11(15)13-8-6-12(7-9-13)5-3-4-10-14/h14H,2-10H2,1H3. The van der Waals surface area contributed by atoms with Gasteiger partial charge in [-0.1, -0.05) is 0 Å². The van der Waals surface area contributed by atoms with Crippen LogP contribution in [-0.4, -0.2) is 66.9 Å². The Hall–Kier alpha value is -0.810. The normalized spacial score (nSPS) is 17.5. The van der Waals surface area contributed by atoms with Crippen molar-refractivity contribution in [3.8, 4) is 0 Å². The molecule has 0 aromatic heterocycles. The molecule has 0 unspecified atom stereocenters. The van der Waals surface area contributed by atoms with E-state index in [0.717, 1.165) is 45.6 Å². The van der Waals surface area contributed by atoms with Crippen molar-refractivity contribution in [3.05, 3.63) is 0 Å². The molecule has 5 nitrogen and oxygen atoms in total. The summed E-state index contributed by atoms with van der Waals surface area (Å²) < 4.78 is 4.95. The molecule has 1 rings (SSSR count). The molecule has 0 spiro atoms. The minimum atomic E-state index is -0.197. The molecule has 1 saturated heterocycles. The number of unbranched alkanes of at least 4 members (excludes halogenated alkanes) is 1. The Morgan fingerprint density at radius 1 is 1.25 bits per heavy atom. The number of piperazine rings is 1. The third-order valence-corrected chi connectivity index (χ3v) is 2.78. The monoisotopic (exact) mass is 230 g/mol. The number of ether oxygens (including phenoxy) is 1. The minimum absolute atomic E-state index is 0.197. The van der Waals surface area contributed by atoms with Crippen LogP contribution in [0, 0.1) is 0 Å². The first-order valence-electron chi connectivity index (χ1n) is 6.03. The molecular weight excluding hydrogens is 208 g/mol. The van der Waals surface area contributed by atoms with Gasteiger partial charge in [0.25, 0.3) is 0 Å². The van der Waals surface area contributed by atoms with Crippen LogP contribution in [0.3, 0.4) is 0 Å². The molecule has 0 saturated carbocycles. The molecule has 0 aromatic rings. The Kier molecular flexibility index (Phi) is 6.18. The summed E-state index contributed by atoms with van der Waals surface area (Å²) in [5.41, 5.74) is 0. The molecule has 0 radical (unpaired) electrons. The lowest BCUT2D eigenvalue weighted by atomic mass is 10.2. The summed E-state index contributed by atoms with van der Waals surface area (Å²) in [6, 6.07) is 0. The molecule has 0 aromatic carbocycles. The van der Waals surface area contributed by atoms with Gasteiger partial charge in [-0.25, -0.2) is 4.79 Å². The third-order valence-electron chi connectivity index (χ3n) is 2.78. The molecule has 1 heterocycles. The zero-order valence-electron chi connectivity index (χ0n) is 10.0. The molecule has 1 amide bonds. The summed E-state index contributed by atoms with van der Waals surface area (Å²) in [6.45, 7) is 6.85. The zero-order valence-corrected chi connectivity index (χ0v) is 10.0. The van der Waals surface area contributed by atoms with Gasteiger partial charge in [-0.2, -0.15) is 0 Å². The fourth-order valence-electron chi connectivity index (χ4n) is 1.82. The number of amides is 1. The smallest absolute Gasteiger partial charge is 0.409 e. The highest BCUT2D eigenvalue weighted by atomic mass is 16.6. The van der Waals surface area contributed by atoms with Crippen LogP contribution in [0.2, 0.25) is 0 Å². The molecule has 1 N–H and O–H groups in total. The van der Waals surface area contributed by atoms with Crippen molar-refractivity contribution < 1.29 is 14.6 Å². The SMILES string of the molecule is CCOC(=O)N1CCN(CCCCO)CC1. The van der Waals surface area contributed by atoms with E-state index in [1.54, 1.807) is 4.90 Å². The summed E-state index contributed by atoms with van der Waals surface area (Å²) in [6.07, 6.45) is 1.69. The summed E-state index contributed by atoms with van der Waals surface area (Å²) in [5.74, 6) is 0. The van der Waals surface area contributed by atoms with Gasteiger partial charge in [-0.3, -0.25) is 4.90 Å². The van der Waals surface area contributed by atoms with E-state index in [1.165, 1.54) is 0 Å². The van der Waals surface area contributed by atoms with Gasteiger partial charge in [-0.15, -0.1) is 0 Å². The van der Waals surface area contributed by atoms with Crippen molar-refractivity contribution in [1.29, 1.82) is 0 Å². The molecule has 94 valence electrons. The number of nitrogens with zero attached hydrogens (tertiary/aromatic N) is 2. The topological polar surface area (TPSA) is 53.0 Å². The molecule has 0 bridgehead atoms. The number of carbonyl (C=O) groups is 1. The predicted molar refractivity (Wildman–Crippen MR) is 61.4 cm³/mol. The third kappa shape index (κ3) is 4.37. The van der Waals surface area contributed by atoms with E-state index in [2.05, 4.69) is 4.90 Å². The largest absolute Gasteiger partial charge is 0.450 e. The van der Waals surface area contributed by atoms with E-state index in [0.29, 0.717) is 6.61 Å². The van der Waals surface area contributed by atoms with E-state index in [-0.39, 0.29) is 12.7 Å². The Bertz CT molecular complexity index is 203. The highest BCUT2D eigenvalue weighted by molar-refractivity contribution is 5.67. The van der Waals surface area contributed by atoms with Crippen molar-refractivity contribution in [2.45, 2.75) is 19.8 Å². The quantitative estimate of drug-likeness (QED) is 0.700. The van der Waals surface area contributed by atoms with E-state index in [1.807, 2.05) is 6.92 Å². The maximum atomic E-state index is 11.4. The fourth-order valence-corrected chi connectivity index (χ4v) is 1.82. The first kappa shape index (κ1) is 13.3. The highest BCUT2D eigenvalue weighted by Crippen LogP contribution is 2.05. The second kappa shape index (κ2) is 7.46. The zero-order chi connectivity index (χ0) is 11.8. The van der Waals surface area contributed by atoms with Gasteiger partial charge >= 0.3 is 6.09 Å². The Balaban J connectivity index is 2.15. The second-order valence-electron chi connectivity index (χ2n) is 3.96. The maximum Gasteiger partial charge on any atom is 0.409 e. The van der Waals surface area contributed by atoms with Crippen LogP contribution < -0.4 is 0 Å². The van der Waals surface area contributed by atoms with Gasteiger partial charge in [-0.05, 0) is 26.3 Å². The Morgan fingerprint density at radius 3 is 2.50 bits per heavy atom. The number of aliphatic hydroxyl groups excluding tert-OH is 1. The molecule has 1 fully saturated rings. The lowest BCUT2D eigenvalue weighted by Gasteiger charge is -2.33. The molecule has 16 heavy (non-hydrogen) atoms. The van der Waals surface area contributed by atoms with Gasteiger partial charge in [0.15, 0.2) is 0 Å². The summed E-state index contributed by atoms with van der Waals surface area (Å²) in [5, 5.41) is 8.68. The van der Waals surface area contributed by atoms with Crippen LogP contribution >= 0.6 is 0 Å². The number of rotatable bonds is 5. The van der Waals surface area contributed by atoms with E-state index in [9.17, 15) is 4.79 Å². The number of hydrogen-bond donors (Lipinski definition) is 1. The average molecular weight is 230 g/mol. The van der Waals surface area contributed by atoms with Gasteiger partial charge in [0.05, 0.1) is 6.61 Å². The average Bonchev–Trinajstić information content (AvgIpc) is 2.30. The van der Waals surface area contributed by atoms with Crippen molar-refractivity contribution in [2.24, 2.45) is 0 Å². The molecule has 1 aliphatic heterocycles. The number of aliphatic hydroxyl groups is 1. The maximum absolute atomic E-state index is 11.4. The number of carbonyl (C=O) groups excluding carboxylic acids is 1. The molecule has 0 atom stereocenters. The fraction of sp³-hybridized carbons (Fsp3) is 0.909. The van der Waals surface area contributed by atoms with Crippen LogP contribution in [0.1, 0.15) is 19.8 Å². The van der Waals surface area contributed by atoms with Crippen LogP contribution in [0.5, 0.6) is 0 Å². The van der Waals surface area contributed by atoms with Crippen LogP contribution in [0.15, 0.2) is 0 Å². The molecule has 1 aliphatic rings.